The molecule has 146 valence electrons. The molecule has 7 nitrogen and oxygen atoms in total. The molecular formula is C19H25ClN4O3. The number of para-hydroxylation sites is 1. The van der Waals surface area contributed by atoms with E-state index in [9.17, 15) is 14.4 Å². The highest BCUT2D eigenvalue weighted by Crippen LogP contribution is 2.30. The molecule has 2 aliphatic rings. The number of rotatable bonds is 4. The summed E-state index contributed by atoms with van der Waals surface area (Å²) in [6.07, 6.45) is 0.659. The maximum Gasteiger partial charge on any atom is 0.244 e. The molecule has 3 rings (SSSR count). The van der Waals surface area contributed by atoms with E-state index in [2.05, 4.69) is 0 Å². The van der Waals surface area contributed by atoms with Gasteiger partial charge in [0.1, 0.15) is 0 Å². The van der Waals surface area contributed by atoms with E-state index in [1.165, 1.54) is 0 Å². The van der Waals surface area contributed by atoms with Crippen molar-refractivity contribution in [3.05, 3.63) is 29.3 Å². The van der Waals surface area contributed by atoms with Crippen LogP contribution in [0.25, 0.3) is 0 Å². The van der Waals surface area contributed by atoms with Crippen molar-refractivity contribution in [1.29, 1.82) is 0 Å². The molecule has 0 radical (unpaired) electrons. The van der Waals surface area contributed by atoms with Crippen molar-refractivity contribution in [2.75, 3.05) is 51.2 Å². The fraction of sp³-hybridized carbons (Fsp3) is 0.526. The van der Waals surface area contributed by atoms with Gasteiger partial charge in [-0.1, -0.05) is 23.7 Å². The van der Waals surface area contributed by atoms with Crippen molar-refractivity contribution in [1.82, 2.24) is 14.7 Å². The summed E-state index contributed by atoms with van der Waals surface area (Å²) in [5.41, 5.74) is 0.715. The Morgan fingerprint density at radius 1 is 1.11 bits per heavy atom. The van der Waals surface area contributed by atoms with Crippen LogP contribution in [0.15, 0.2) is 24.3 Å². The van der Waals surface area contributed by atoms with E-state index in [0.29, 0.717) is 49.9 Å². The number of carbonyl (C=O) groups excluding carboxylic acids is 3. The average Bonchev–Trinajstić information content (AvgIpc) is 3.03. The van der Waals surface area contributed by atoms with E-state index in [1.54, 1.807) is 27.7 Å². The van der Waals surface area contributed by atoms with Crippen LogP contribution >= 0.6 is 11.6 Å². The average molecular weight is 393 g/mol. The number of carbonyl (C=O) groups is 3. The van der Waals surface area contributed by atoms with Gasteiger partial charge in [-0.25, -0.2) is 0 Å². The third-order valence-corrected chi connectivity index (χ3v) is 5.63. The number of piperazine rings is 1. The van der Waals surface area contributed by atoms with Crippen LogP contribution in [0, 0.1) is 0 Å². The topological polar surface area (TPSA) is 64.2 Å². The number of likely N-dealkylation sites (N-methyl/N-ethyl adjacent to an activating group) is 1. The molecule has 0 aliphatic carbocycles. The van der Waals surface area contributed by atoms with Gasteiger partial charge in [-0.15, -0.1) is 0 Å². The van der Waals surface area contributed by atoms with Crippen molar-refractivity contribution in [3.63, 3.8) is 0 Å². The van der Waals surface area contributed by atoms with Crippen LogP contribution in [0.1, 0.15) is 13.3 Å². The number of nitrogens with zero attached hydrogens (tertiary/aromatic N) is 4. The normalized spacial score (nSPS) is 20.5. The van der Waals surface area contributed by atoms with E-state index < -0.39 is 0 Å². The highest BCUT2D eigenvalue weighted by molar-refractivity contribution is 6.33. The van der Waals surface area contributed by atoms with Gasteiger partial charge in [0.15, 0.2) is 0 Å². The van der Waals surface area contributed by atoms with E-state index in [4.69, 9.17) is 11.6 Å². The Morgan fingerprint density at radius 3 is 2.37 bits per heavy atom. The van der Waals surface area contributed by atoms with Gasteiger partial charge in [0.2, 0.25) is 17.7 Å². The first-order valence-electron chi connectivity index (χ1n) is 9.18. The monoisotopic (exact) mass is 392 g/mol. The van der Waals surface area contributed by atoms with Gasteiger partial charge in [0, 0.05) is 39.6 Å². The molecule has 2 saturated heterocycles. The largest absolute Gasteiger partial charge is 0.339 e. The van der Waals surface area contributed by atoms with Gasteiger partial charge in [-0.05, 0) is 25.6 Å². The Balaban J connectivity index is 1.56. The van der Waals surface area contributed by atoms with Crippen LogP contribution in [-0.4, -0.2) is 84.8 Å². The van der Waals surface area contributed by atoms with E-state index >= 15 is 0 Å². The number of amides is 3. The van der Waals surface area contributed by atoms with Crippen molar-refractivity contribution in [3.8, 4) is 0 Å². The second kappa shape index (κ2) is 8.27. The smallest absolute Gasteiger partial charge is 0.244 e. The molecule has 2 aliphatic heterocycles. The zero-order chi connectivity index (χ0) is 19.6. The molecular weight excluding hydrogens is 368 g/mol. The van der Waals surface area contributed by atoms with Crippen LogP contribution in [0.4, 0.5) is 5.69 Å². The predicted molar refractivity (Wildman–Crippen MR) is 104 cm³/mol. The van der Waals surface area contributed by atoms with Crippen LogP contribution < -0.4 is 4.90 Å². The van der Waals surface area contributed by atoms with Gasteiger partial charge < -0.3 is 14.7 Å². The van der Waals surface area contributed by atoms with Crippen LogP contribution in [0.5, 0.6) is 0 Å². The molecule has 0 N–H and O–H groups in total. The lowest BCUT2D eigenvalue weighted by Crippen LogP contribution is -2.53. The first kappa shape index (κ1) is 19.6. The lowest BCUT2D eigenvalue weighted by atomic mass is 10.2. The molecule has 1 atom stereocenters. The third-order valence-electron chi connectivity index (χ3n) is 5.31. The molecule has 2 fully saturated rings. The van der Waals surface area contributed by atoms with E-state index in [-0.39, 0.29) is 30.3 Å². The number of hydrogen-bond donors (Lipinski definition) is 0. The Labute approximate surface area is 164 Å². The lowest BCUT2D eigenvalue weighted by Gasteiger charge is -2.35. The van der Waals surface area contributed by atoms with Crippen LogP contribution in [0.2, 0.25) is 5.02 Å². The minimum Gasteiger partial charge on any atom is -0.339 e. The second-order valence-electron chi connectivity index (χ2n) is 7.05. The van der Waals surface area contributed by atoms with Gasteiger partial charge in [-0.3, -0.25) is 19.3 Å². The maximum absolute atomic E-state index is 12.8. The highest BCUT2D eigenvalue weighted by atomic mass is 35.5. The van der Waals surface area contributed by atoms with Gasteiger partial charge in [0.05, 0.1) is 23.3 Å². The summed E-state index contributed by atoms with van der Waals surface area (Å²) >= 11 is 6.22. The zero-order valence-electron chi connectivity index (χ0n) is 15.7. The van der Waals surface area contributed by atoms with Gasteiger partial charge in [-0.2, -0.15) is 0 Å². The van der Waals surface area contributed by atoms with Gasteiger partial charge in [0.25, 0.3) is 0 Å². The summed E-state index contributed by atoms with van der Waals surface area (Å²) in [5, 5.41) is 0.550. The summed E-state index contributed by atoms with van der Waals surface area (Å²) in [6, 6.07) is 6.97. The molecule has 2 heterocycles. The number of hydrogen-bond acceptors (Lipinski definition) is 4. The Morgan fingerprint density at radius 2 is 1.74 bits per heavy atom. The number of anilines is 1. The Hall–Kier alpha value is -2.12. The molecule has 0 bridgehead atoms. The Bertz CT molecular complexity index is 733. The summed E-state index contributed by atoms with van der Waals surface area (Å²) in [4.78, 5) is 43.8. The molecule has 3 amide bonds. The molecule has 1 aromatic rings. The Kier molecular flexibility index (Phi) is 6.01. The summed E-state index contributed by atoms with van der Waals surface area (Å²) in [6.45, 7) is 4.52. The number of halogens is 1. The van der Waals surface area contributed by atoms with E-state index in [1.807, 2.05) is 30.1 Å². The highest BCUT2D eigenvalue weighted by Gasteiger charge is 2.37. The summed E-state index contributed by atoms with van der Waals surface area (Å²) < 4.78 is 0. The SMILES string of the molecule is CC(=O)N1CCN(C(=O)CN(C)C2CCN(c3ccccc3Cl)C2=O)CC1. The first-order valence-corrected chi connectivity index (χ1v) is 9.55. The molecule has 1 unspecified atom stereocenters. The van der Waals surface area contributed by atoms with Crippen molar-refractivity contribution in [2.45, 2.75) is 19.4 Å². The molecule has 27 heavy (non-hydrogen) atoms. The molecule has 0 saturated carbocycles. The fourth-order valence-electron chi connectivity index (χ4n) is 3.68. The maximum atomic E-state index is 12.8. The van der Waals surface area contributed by atoms with Crippen LogP contribution in [0.3, 0.4) is 0 Å². The van der Waals surface area contributed by atoms with E-state index in [0.717, 1.165) is 0 Å². The third kappa shape index (κ3) is 4.25. The quantitative estimate of drug-likeness (QED) is 0.768. The fourth-order valence-corrected chi connectivity index (χ4v) is 3.92. The van der Waals surface area contributed by atoms with Crippen molar-refractivity contribution >= 4 is 35.0 Å². The predicted octanol–water partition coefficient (Wildman–Crippen LogP) is 1.07. The summed E-state index contributed by atoms with van der Waals surface area (Å²) in [7, 11) is 1.81. The van der Waals surface area contributed by atoms with Gasteiger partial charge >= 0.3 is 0 Å². The van der Waals surface area contributed by atoms with Crippen molar-refractivity contribution in [2.24, 2.45) is 0 Å². The lowest BCUT2D eigenvalue weighted by molar-refractivity contribution is -0.139. The molecule has 1 aromatic carbocycles. The molecule has 0 aromatic heterocycles. The summed E-state index contributed by atoms with van der Waals surface area (Å²) in [5.74, 6) is -0.0000666. The first-order chi connectivity index (χ1) is 12.9. The number of benzene rings is 1. The second-order valence-corrected chi connectivity index (χ2v) is 7.45. The molecule has 8 heteroatoms. The standard InChI is InChI=1S/C19H25ClN4O3/c1-14(25)22-9-11-23(12-10-22)18(26)13-21(2)17-7-8-24(19(17)27)16-6-4-3-5-15(16)20/h3-6,17H,7-13H2,1-2H3. The van der Waals surface area contributed by atoms with Crippen molar-refractivity contribution < 1.29 is 14.4 Å². The minimum absolute atomic E-state index is 0.00954. The minimum atomic E-state index is -0.330. The zero-order valence-corrected chi connectivity index (χ0v) is 16.5. The van der Waals surface area contributed by atoms with Crippen LogP contribution in [-0.2, 0) is 14.4 Å². The molecule has 0 spiro atoms.